The molecule has 12 rings (SSSR count). The number of furan rings is 1. The van der Waals surface area contributed by atoms with Crippen LogP contribution in [0.1, 0.15) is 76.8 Å². The quantitative estimate of drug-likeness (QED) is 0.184. The lowest BCUT2D eigenvalue weighted by molar-refractivity contribution is 0.492. The molecule has 5 aromatic carbocycles. The molecule has 0 saturated heterocycles. The van der Waals surface area contributed by atoms with Crippen LogP contribution < -0.4 is 4.90 Å². The van der Waals surface area contributed by atoms with E-state index >= 15 is 0 Å². The minimum Gasteiger partial charge on any atom is -0.456 e. The van der Waals surface area contributed by atoms with Crippen molar-refractivity contribution in [2.75, 3.05) is 4.90 Å². The van der Waals surface area contributed by atoms with Crippen LogP contribution in [-0.4, -0.2) is 6.04 Å². The third-order valence-corrected chi connectivity index (χ3v) is 13.1. The molecular formula is C49H37NO. The van der Waals surface area contributed by atoms with E-state index in [9.17, 15) is 0 Å². The summed E-state index contributed by atoms with van der Waals surface area (Å²) in [5.41, 5.74) is 20.5. The summed E-state index contributed by atoms with van der Waals surface area (Å²) in [7, 11) is 0. The number of anilines is 2. The predicted molar refractivity (Wildman–Crippen MR) is 209 cm³/mol. The van der Waals surface area contributed by atoms with Gasteiger partial charge in [-0.15, -0.1) is 0 Å². The van der Waals surface area contributed by atoms with Crippen LogP contribution in [0.3, 0.4) is 0 Å². The molecular weight excluding hydrogens is 619 g/mol. The Morgan fingerprint density at radius 3 is 2.43 bits per heavy atom. The van der Waals surface area contributed by atoms with Gasteiger partial charge in [-0.05, 0) is 116 Å². The van der Waals surface area contributed by atoms with Crippen molar-refractivity contribution in [3.05, 3.63) is 184 Å². The van der Waals surface area contributed by atoms with Crippen LogP contribution in [-0.2, 0) is 11.8 Å². The van der Waals surface area contributed by atoms with E-state index in [1.807, 2.05) is 0 Å². The lowest BCUT2D eigenvalue weighted by Gasteiger charge is -2.33. The van der Waals surface area contributed by atoms with Crippen LogP contribution in [0.4, 0.5) is 11.4 Å². The molecule has 6 aromatic rings. The van der Waals surface area contributed by atoms with Crippen LogP contribution in [0.2, 0.25) is 0 Å². The monoisotopic (exact) mass is 655 g/mol. The number of hydrogen-bond acceptors (Lipinski definition) is 2. The molecule has 2 nitrogen and oxygen atoms in total. The maximum Gasteiger partial charge on any atom is 0.135 e. The number of rotatable bonds is 2. The highest BCUT2D eigenvalue weighted by Crippen LogP contribution is 2.58. The molecule has 0 saturated carbocycles. The third kappa shape index (κ3) is 3.62. The van der Waals surface area contributed by atoms with Gasteiger partial charge in [0.1, 0.15) is 11.3 Å². The summed E-state index contributed by atoms with van der Waals surface area (Å²) < 4.78 is 6.56. The van der Waals surface area contributed by atoms with Gasteiger partial charge in [0, 0.05) is 33.7 Å². The summed E-state index contributed by atoms with van der Waals surface area (Å²) >= 11 is 0. The molecule has 0 radical (unpaired) electrons. The van der Waals surface area contributed by atoms with Crippen molar-refractivity contribution in [2.24, 2.45) is 5.92 Å². The van der Waals surface area contributed by atoms with Gasteiger partial charge in [-0.3, -0.25) is 0 Å². The van der Waals surface area contributed by atoms with Gasteiger partial charge in [0.05, 0.1) is 6.04 Å². The summed E-state index contributed by atoms with van der Waals surface area (Å²) in [6.45, 7) is 4.79. The van der Waals surface area contributed by atoms with E-state index in [1.54, 1.807) is 0 Å². The molecule has 0 spiro atoms. The van der Waals surface area contributed by atoms with Crippen molar-refractivity contribution in [1.82, 2.24) is 0 Å². The fourth-order valence-corrected chi connectivity index (χ4v) is 10.8. The number of nitrogens with zero attached hydrogens (tertiary/aromatic N) is 1. The number of hydrogen-bond donors (Lipinski definition) is 0. The zero-order chi connectivity index (χ0) is 33.6. The summed E-state index contributed by atoms with van der Waals surface area (Å²) in [4.78, 5) is 2.60. The molecule has 244 valence electrons. The van der Waals surface area contributed by atoms with Crippen molar-refractivity contribution in [3.8, 4) is 11.1 Å². The van der Waals surface area contributed by atoms with Gasteiger partial charge in [-0.25, -0.2) is 0 Å². The Kier molecular flexibility index (Phi) is 5.40. The van der Waals surface area contributed by atoms with Crippen molar-refractivity contribution >= 4 is 39.6 Å². The lowest BCUT2D eigenvalue weighted by Crippen LogP contribution is -2.31. The van der Waals surface area contributed by atoms with Gasteiger partial charge < -0.3 is 9.32 Å². The molecule has 6 aliphatic rings. The fraction of sp³-hybridized carbons (Fsp3) is 0.184. The molecule has 1 aliphatic heterocycles. The minimum absolute atomic E-state index is 0.0283. The Hall–Kier alpha value is -5.60. The highest BCUT2D eigenvalue weighted by atomic mass is 16.3. The van der Waals surface area contributed by atoms with E-state index in [2.05, 4.69) is 158 Å². The van der Waals surface area contributed by atoms with Crippen LogP contribution in [0.5, 0.6) is 0 Å². The standard InChI is InChI=1S/C49H37NO/c1-49(2)42-16-7-5-12-33(42)38-26-39-34-13-6-8-17-44(34)50(45(39)27-43(38)49)29-19-23-47-41(25-29)40-24-28(18-22-46(40)51-47)30-20-21-37-32-11-4-3-10-31(32)36-15-9-14-35(30)48(36)37/h3-19,21-23,25-28,30,39,45H,20,24H2,1-2H3. The molecule has 0 N–H and O–H groups in total. The van der Waals surface area contributed by atoms with Crippen molar-refractivity contribution in [1.29, 1.82) is 0 Å². The topological polar surface area (TPSA) is 16.4 Å². The Labute approximate surface area is 298 Å². The van der Waals surface area contributed by atoms with Gasteiger partial charge in [0.25, 0.3) is 0 Å². The van der Waals surface area contributed by atoms with Crippen LogP contribution >= 0.6 is 0 Å². The molecule has 2 heteroatoms. The molecule has 4 unspecified atom stereocenters. The van der Waals surface area contributed by atoms with Crippen molar-refractivity contribution in [2.45, 2.75) is 50.0 Å². The number of para-hydroxylation sites is 1. The van der Waals surface area contributed by atoms with Gasteiger partial charge in [0.2, 0.25) is 0 Å². The first-order chi connectivity index (χ1) is 25.0. The van der Waals surface area contributed by atoms with Crippen molar-refractivity contribution < 1.29 is 4.42 Å². The number of fused-ring (bicyclic) bond motifs is 12. The smallest absolute Gasteiger partial charge is 0.135 e. The predicted octanol–water partition coefficient (Wildman–Crippen LogP) is 12.1. The van der Waals surface area contributed by atoms with Crippen LogP contribution in [0.15, 0.2) is 143 Å². The third-order valence-electron chi connectivity index (χ3n) is 13.1. The second-order valence-electron chi connectivity index (χ2n) is 15.9. The van der Waals surface area contributed by atoms with E-state index in [0.717, 1.165) is 24.2 Å². The lowest BCUT2D eigenvalue weighted by atomic mass is 9.72. The van der Waals surface area contributed by atoms with Gasteiger partial charge in [0.15, 0.2) is 0 Å². The van der Waals surface area contributed by atoms with E-state index < -0.39 is 0 Å². The Bertz CT molecular complexity index is 2660. The zero-order valence-electron chi connectivity index (χ0n) is 28.9. The highest BCUT2D eigenvalue weighted by Gasteiger charge is 2.46. The first-order valence-corrected chi connectivity index (χ1v) is 18.6. The van der Waals surface area contributed by atoms with Gasteiger partial charge in [-0.1, -0.05) is 123 Å². The molecule has 5 aliphatic carbocycles. The molecule has 2 heterocycles. The summed E-state index contributed by atoms with van der Waals surface area (Å²) in [5, 5.41) is 1.25. The van der Waals surface area contributed by atoms with E-state index in [-0.39, 0.29) is 11.5 Å². The summed E-state index contributed by atoms with van der Waals surface area (Å²) in [6, 6.07) is 41.1. The Morgan fingerprint density at radius 1 is 0.725 bits per heavy atom. The maximum absolute atomic E-state index is 6.56. The normalized spacial score (nSPS) is 23.7. The summed E-state index contributed by atoms with van der Waals surface area (Å²) in [5.74, 6) is 2.17. The minimum atomic E-state index is -0.0283. The average molecular weight is 656 g/mol. The van der Waals surface area contributed by atoms with E-state index in [1.165, 1.54) is 83.6 Å². The molecule has 0 amide bonds. The first-order valence-electron chi connectivity index (χ1n) is 18.6. The molecule has 4 atom stereocenters. The summed E-state index contributed by atoms with van der Waals surface area (Å²) in [6.07, 6.45) is 14.4. The maximum atomic E-state index is 6.56. The fourth-order valence-electron chi connectivity index (χ4n) is 10.8. The SMILES string of the molecule is CC1(C)C2=CC3C(C=C2c2ccccc21)c1ccccc1N3c1ccc2oc3c(c2c1)CC(C1CC=C2c4ccccc4-c4cccc1c42)C=C3. The van der Waals surface area contributed by atoms with Gasteiger partial charge in [-0.2, -0.15) is 0 Å². The van der Waals surface area contributed by atoms with Gasteiger partial charge >= 0.3 is 0 Å². The average Bonchev–Trinajstić information content (AvgIpc) is 3.87. The molecule has 51 heavy (non-hydrogen) atoms. The largest absolute Gasteiger partial charge is 0.456 e. The van der Waals surface area contributed by atoms with Crippen LogP contribution in [0, 0.1) is 5.92 Å². The number of allylic oxidation sites excluding steroid dienone is 4. The Balaban J connectivity index is 0.937. The first kappa shape index (κ1) is 28.1. The van der Waals surface area contributed by atoms with Crippen molar-refractivity contribution in [3.63, 3.8) is 0 Å². The zero-order valence-corrected chi connectivity index (χ0v) is 28.9. The Morgan fingerprint density at radius 2 is 1.51 bits per heavy atom. The second kappa shape index (κ2) is 9.80. The van der Waals surface area contributed by atoms with E-state index in [4.69, 9.17) is 4.42 Å². The highest BCUT2D eigenvalue weighted by molar-refractivity contribution is 6.03. The molecule has 1 aromatic heterocycles. The molecule has 0 bridgehead atoms. The van der Waals surface area contributed by atoms with E-state index in [0.29, 0.717) is 17.8 Å². The number of benzene rings is 5. The molecule has 0 fully saturated rings. The van der Waals surface area contributed by atoms with Crippen LogP contribution in [0.25, 0.3) is 39.3 Å². The second-order valence-corrected chi connectivity index (χ2v) is 15.9.